The molecule has 0 spiro atoms. The van der Waals surface area contributed by atoms with Crippen molar-refractivity contribution in [3.63, 3.8) is 0 Å². The van der Waals surface area contributed by atoms with E-state index < -0.39 is 0 Å². The Morgan fingerprint density at radius 3 is 3.07 bits per heavy atom. The highest BCUT2D eigenvalue weighted by molar-refractivity contribution is 7.98. The lowest BCUT2D eigenvalue weighted by Crippen LogP contribution is -2.04. The van der Waals surface area contributed by atoms with Crippen molar-refractivity contribution >= 4 is 29.3 Å². The largest absolute Gasteiger partial charge is 0.383 e. The molecular weight excluding hydrogens is 214 g/mol. The number of nitrogens with zero attached hydrogens (tertiary/aromatic N) is 2. The Bertz CT molecular complexity index is 341. The molecule has 14 heavy (non-hydrogen) atoms. The van der Waals surface area contributed by atoms with Crippen molar-refractivity contribution in [1.29, 1.82) is 0 Å². The molecule has 0 fully saturated rings. The van der Waals surface area contributed by atoms with E-state index in [1.165, 1.54) is 0 Å². The lowest BCUT2D eigenvalue weighted by atomic mass is 10.2. The molecule has 76 valence electrons. The third kappa shape index (κ3) is 1.98. The summed E-state index contributed by atoms with van der Waals surface area (Å²) in [6.45, 7) is 2.14. The Morgan fingerprint density at radius 2 is 2.29 bits per heavy atom. The minimum Gasteiger partial charge on any atom is -0.383 e. The number of aromatic nitrogens is 2. The highest BCUT2D eigenvalue weighted by atomic mass is 32.2. The van der Waals surface area contributed by atoms with E-state index in [0.29, 0.717) is 5.82 Å². The van der Waals surface area contributed by atoms with Crippen LogP contribution in [0, 0.1) is 0 Å². The zero-order valence-electron chi connectivity index (χ0n) is 8.12. The van der Waals surface area contributed by atoms with E-state index >= 15 is 0 Å². The highest BCUT2D eigenvalue weighted by Crippen LogP contribution is 2.31. The van der Waals surface area contributed by atoms with Crippen molar-refractivity contribution in [3.8, 4) is 0 Å². The second kappa shape index (κ2) is 4.40. The van der Waals surface area contributed by atoms with Gasteiger partial charge in [0, 0.05) is 17.1 Å². The number of nitrogen functional groups attached to an aromatic ring is 1. The van der Waals surface area contributed by atoms with Gasteiger partial charge in [-0.05, 0) is 5.75 Å². The fourth-order valence-electron chi connectivity index (χ4n) is 1.39. The summed E-state index contributed by atoms with van der Waals surface area (Å²) in [6.07, 6.45) is 0. The summed E-state index contributed by atoms with van der Waals surface area (Å²) in [5.41, 5.74) is 8.17. The van der Waals surface area contributed by atoms with Crippen LogP contribution in [-0.4, -0.2) is 15.7 Å². The van der Waals surface area contributed by atoms with Gasteiger partial charge in [-0.3, -0.25) is 0 Å². The maximum atomic E-state index is 5.87. The predicted molar refractivity (Wildman–Crippen MR) is 63.3 cm³/mol. The van der Waals surface area contributed by atoms with Crippen LogP contribution in [-0.2, 0) is 17.3 Å². The van der Waals surface area contributed by atoms with Gasteiger partial charge in [-0.25, -0.2) is 9.97 Å². The van der Waals surface area contributed by atoms with Crippen LogP contribution in [0.3, 0.4) is 0 Å². The molecule has 0 atom stereocenters. The number of anilines is 1. The average molecular weight is 227 g/mol. The van der Waals surface area contributed by atoms with Gasteiger partial charge in [-0.2, -0.15) is 23.5 Å². The van der Waals surface area contributed by atoms with Gasteiger partial charge in [0.2, 0.25) is 0 Å². The maximum absolute atomic E-state index is 5.87. The summed E-state index contributed by atoms with van der Waals surface area (Å²) in [5, 5.41) is 0. The Hall–Kier alpha value is -0.420. The van der Waals surface area contributed by atoms with Gasteiger partial charge in [0.25, 0.3) is 0 Å². The zero-order valence-corrected chi connectivity index (χ0v) is 9.75. The normalized spacial score (nSPS) is 14.4. The summed E-state index contributed by atoms with van der Waals surface area (Å²) in [6, 6.07) is 0. The SMILES string of the molecule is CCSCc1nc(N)c2c(n1)CSC2. The molecule has 1 aromatic heterocycles. The first-order valence-corrected chi connectivity index (χ1v) is 6.91. The molecule has 0 amide bonds. The van der Waals surface area contributed by atoms with Gasteiger partial charge >= 0.3 is 0 Å². The summed E-state index contributed by atoms with van der Waals surface area (Å²) in [5.74, 6) is 5.50. The predicted octanol–water partition coefficient (Wildman–Crippen LogP) is 2.06. The monoisotopic (exact) mass is 227 g/mol. The first kappa shape index (κ1) is 10.1. The molecule has 2 N–H and O–H groups in total. The number of hydrogen-bond donors (Lipinski definition) is 1. The maximum Gasteiger partial charge on any atom is 0.140 e. The Kier molecular flexibility index (Phi) is 3.18. The van der Waals surface area contributed by atoms with E-state index in [2.05, 4.69) is 16.9 Å². The van der Waals surface area contributed by atoms with E-state index in [1.54, 1.807) is 0 Å². The standard InChI is InChI=1S/C9H13N3S2/c1-2-13-5-8-11-7-4-14-3-6(7)9(10)12-8/h2-5H2,1H3,(H2,10,11,12). The average Bonchev–Trinajstić information content (AvgIpc) is 2.63. The van der Waals surface area contributed by atoms with Crippen LogP contribution in [0.25, 0.3) is 0 Å². The van der Waals surface area contributed by atoms with Crippen LogP contribution in [0.15, 0.2) is 0 Å². The molecule has 1 aliphatic heterocycles. The quantitative estimate of drug-likeness (QED) is 0.856. The molecular formula is C9H13N3S2. The van der Waals surface area contributed by atoms with Crippen LogP contribution in [0.4, 0.5) is 5.82 Å². The number of rotatable bonds is 3. The minimum atomic E-state index is 0.687. The molecule has 0 saturated carbocycles. The molecule has 0 aromatic carbocycles. The van der Waals surface area contributed by atoms with E-state index in [1.807, 2.05) is 23.5 Å². The van der Waals surface area contributed by atoms with Crippen LogP contribution in [0.2, 0.25) is 0 Å². The first-order chi connectivity index (χ1) is 6.81. The van der Waals surface area contributed by atoms with Crippen molar-refractivity contribution in [2.45, 2.75) is 24.2 Å². The molecule has 5 heteroatoms. The van der Waals surface area contributed by atoms with Crippen LogP contribution >= 0.6 is 23.5 Å². The molecule has 1 aliphatic rings. The number of nitrogens with two attached hydrogens (primary N) is 1. The van der Waals surface area contributed by atoms with Crippen molar-refractivity contribution in [2.75, 3.05) is 11.5 Å². The third-order valence-corrected chi connectivity index (χ3v) is 3.93. The molecule has 0 bridgehead atoms. The van der Waals surface area contributed by atoms with E-state index in [9.17, 15) is 0 Å². The van der Waals surface area contributed by atoms with E-state index in [-0.39, 0.29) is 0 Å². The zero-order chi connectivity index (χ0) is 9.97. The van der Waals surface area contributed by atoms with Crippen LogP contribution in [0.1, 0.15) is 24.0 Å². The topological polar surface area (TPSA) is 51.8 Å². The van der Waals surface area contributed by atoms with Crippen molar-refractivity contribution < 1.29 is 0 Å². The summed E-state index contributed by atoms with van der Waals surface area (Å²) in [7, 11) is 0. The molecule has 2 rings (SSSR count). The lowest BCUT2D eigenvalue weighted by Gasteiger charge is -2.04. The van der Waals surface area contributed by atoms with Gasteiger partial charge in [0.1, 0.15) is 11.6 Å². The lowest BCUT2D eigenvalue weighted by molar-refractivity contribution is 0.982. The minimum absolute atomic E-state index is 0.687. The smallest absolute Gasteiger partial charge is 0.140 e. The van der Waals surface area contributed by atoms with Crippen molar-refractivity contribution in [2.24, 2.45) is 0 Å². The van der Waals surface area contributed by atoms with Crippen LogP contribution in [0.5, 0.6) is 0 Å². The Labute approximate surface area is 92.3 Å². The molecule has 0 radical (unpaired) electrons. The molecule has 3 nitrogen and oxygen atoms in total. The van der Waals surface area contributed by atoms with Gasteiger partial charge in [-0.15, -0.1) is 0 Å². The first-order valence-electron chi connectivity index (χ1n) is 4.61. The number of fused-ring (bicyclic) bond motifs is 1. The molecule has 1 aromatic rings. The van der Waals surface area contributed by atoms with Crippen molar-refractivity contribution in [1.82, 2.24) is 9.97 Å². The summed E-state index contributed by atoms with van der Waals surface area (Å²) < 4.78 is 0. The van der Waals surface area contributed by atoms with E-state index in [4.69, 9.17) is 5.73 Å². The molecule has 0 saturated heterocycles. The Balaban J connectivity index is 2.23. The summed E-state index contributed by atoms with van der Waals surface area (Å²) in [4.78, 5) is 8.83. The Morgan fingerprint density at radius 1 is 1.43 bits per heavy atom. The number of thioether (sulfide) groups is 2. The van der Waals surface area contributed by atoms with Gasteiger partial charge < -0.3 is 5.73 Å². The van der Waals surface area contributed by atoms with Crippen LogP contribution < -0.4 is 5.73 Å². The fraction of sp³-hybridized carbons (Fsp3) is 0.556. The fourth-order valence-corrected chi connectivity index (χ4v) is 2.96. The molecule has 0 aliphatic carbocycles. The highest BCUT2D eigenvalue weighted by Gasteiger charge is 2.17. The molecule has 0 unspecified atom stereocenters. The van der Waals surface area contributed by atoms with Gasteiger partial charge in [0.05, 0.1) is 11.4 Å². The van der Waals surface area contributed by atoms with Gasteiger partial charge in [-0.1, -0.05) is 6.92 Å². The third-order valence-electron chi connectivity index (χ3n) is 2.09. The molecule has 2 heterocycles. The number of hydrogen-bond acceptors (Lipinski definition) is 5. The van der Waals surface area contributed by atoms with Crippen molar-refractivity contribution in [3.05, 3.63) is 17.1 Å². The second-order valence-electron chi connectivity index (χ2n) is 3.08. The van der Waals surface area contributed by atoms with Gasteiger partial charge in [0.15, 0.2) is 0 Å². The second-order valence-corrected chi connectivity index (χ2v) is 5.34. The van der Waals surface area contributed by atoms with E-state index in [0.717, 1.165) is 40.1 Å². The summed E-state index contributed by atoms with van der Waals surface area (Å²) >= 11 is 3.69.